The molecule has 1 aromatic carbocycles. The summed E-state index contributed by atoms with van der Waals surface area (Å²) in [5, 5.41) is 7.09. The third-order valence-corrected chi connectivity index (χ3v) is 3.25. The highest BCUT2D eigenvalue weighted by molar-refractivity contribution is 6.34. The zero-order valence-corrected chi connectivity index (χ0v) is 11.5. The van der Waals surface area contributed by atoms with E-state index < -0.39 is 0 Å². The highest BCUT2D eigenvalue weighted by Crippen LogP contribution is 2.22. The van der Waals surface area contributed by atoms with Crippen molar-refractivity contribution in [3.63, 3.8) is 0 Å². The third kappa shape index (κ3) is 2.61. The first-order valence-electron chi connectivity index (χ1n) is 5.66. The van der Waals surface area contributed by atoms with Crippen molar-refractivity contribution in [2.45, 2.75) is 13.8 Å². The van der Waals surface area contributed by atoms with Crippen LogP contribution in [0.2, 0.25) is 5.02 Å². The molecule has 19 heavy (non-hydrogen) atoms. The predicted octanol–water partition coefficient (Wildman–Crippen LogP) is 3.08. The Hall–Kier alpha value is -1.88. The molecule has 4 nitrogen and oxygen atoms in total. The minimum atomic E-state index is -0.372. The van der Waals surface area contributed by atoms with Gasteiger partial charge in [0.1, 0.15) is 11.5 Å². The maximum absolute atomic E-state index is 13.0. The lowest BCUT2D eigenvalue weighted by Crippen LogP contribution is -2.17. The van der Waals surface area contributed by atoms with E-state index in [2.05, 4.69) is 10.4 Å². The zero-order valence-electron chi connectivity index (χ0n) is 10.8. The van der Waals surface area contributed by atoms with Crippen LogP contribution in [0.1, 0.15) is 21.7 Å². The Morgan fingerprint density at radius 1 is 1.42 bits per heavy atom. The molecule has 2 rings (SSSR count). The molecule has 0 radical (unpaired) electrons. The Bertz CT molecular complexity index is 652. The maximum atomic E-state index is 13.0. The lowest BCUT2D eigenvalue weighted by atomic mass is 10.2. The van der Waals surface area contributed by atoms with Crippen molar-refractivity contribution in [1.82, 2.24) is 9.78 Å². The molecule has 6 heteroatoms. The molecule has 0 unspecified atom stereocenters. The first-order chi connectivity index (χ1) is 8.90. The van der Waals surface area contributed by atoms with Crippen LogP contribution in [0, 0.1) is 19.7 Å². The fourth-order valence-electron chi connectivity index (χ4n) is 1.83. The zero-order chi connectivity index (χ0) is 14.2. The summed E-state index contributed by atoms with van der Waals surface area (Å²) < 4.78 is 14.4. The number of halogens is 2. The molecule has 0 aliphatic rings. The van der Waals surface area contributed by atoms with Crippen LogP contribution in [-0.4, -0.2) is 15.7 Å². The topological polar surface area (TPSA) is 46.9 Å². The molecule has 1 aromatic heterocycles. The van der Waals surface area contributed by atoms with Gasteiger partial charge in [0.05, 0.1) is 10.7 Å². The van der Waals surface area contributed by atoms with Crippen LogP contribution < -0.4 is 5.32 Å². The van der Waals surface area contributed by atoms with Crippen LogP contribution >= 0.6 is 11.6 Å². The first kappa shape index (κ1) is 13.5. The highest BCUT2D eigenvalue weighted by atomic mass is 35.5. The maximum Gasteiger partial charge on any atom is 0.275 e. The molecule has 1 heterocycles. The fourth-order valence-corrected chi connectivity index (χ4v) is 2.07. The van der Waals surface area contributed by atoms with Gasteiger partial charge in [-0.3, -0.25) is 9.48 Å². The monoisotopic (exact) mass is 281 g/mol. The van der Waals surface area contributed by atoms with Crippen LogP contribution in [0.4, 0.5) is 10.1 Å². The highest BCUT2D eigenvalue weighted by Gasteiger charge is 2.19. The van der Waals surface area contributed by atoms with Crippen molar-refractivity contribution in [3.8, 4) is 0 Å². The van der Waals surface area contributed by atoms with Crippen molar-refractivity contribution in [2.24, 2.45) is 7.05 Å². The lowest BCUT2D eigenvalue weighted by molar-refractivity contribution is 0.101. The number of rotatable bonds is 2. The number of aromatic nitrogens is 2. The van der Waals surface area contributed by atoms with Gasteiger partial charge in [-0.05, 0) is 37.6 Å². The van der Waals surface area contributed by atoms with Crippen LogP contribution in [0.25, 0.3) is 0 Å². The number of hydrogen-bond donors (Lipinski definition) is 1. The average molecular weight is 282 g/mol. The lowest BCUT2D eigenvalue weighted by Gasteiger charge is -2.08. The van der Waals surface area contributed by atoms with E-state index in [-0.39, 0.29) is 17.4 Å². The number of carbonyl (C=O) groups excluding carboxylic acids is 1. The van der Waals surface area contributed by atoms with E-state index >= 15 is 0 Å². The molecule has 0 aliphatic carbocycles. The van der Waals surface area contributed by atoms with Gasteiger partial charge in [-0.25, -0.2) is 4.39 Å². The molecule has 1 amide bonds. The molecule has 0 aliphatic heterocycles. The second kappa shape index (κ2) is 5.01. The van der Waals surface area contributed by atoms with Gasteiger partial charge >= 0.3 is 0 Å². The smallest absolute Gasteiger partial charge is 0.275 e. The summed E-state index contributed by atoms with van der Waals surface area (Å²) in [7, 11) is 1.64. The molecule has 0 saturated heterocycles. The molecule has 0 atom stereocenters. The van der Waals surface area contributed by atoms with Crippen molar-refractivity contribution >= 4 is 23.2 Å². The largest absolute Gasteiger partial charge is 0.320 e. The summed E-state index contributed by atoms with van der Waals surface area (Å²) in [6, 6.07) is 4.16. The second-order valence-corrected chi connectivity index (χ2v) is 4.66. The third-order valence-electron chi connectivity index (χ3n) is 2.80. The molecule has 0 spiro atoms. The number of aryl methyl sites for hydroxylation is 3. The normalized spacial score (nSPS) is 10.6. The summed E-state index contributed by atoms with van der Waals surface area (Å²) in [5.74, 6) is -0.715. The Morgan fingerprint density at radius 2 is 2.11 bits per heavy atom. The van der Waals surface area contributed by atoms with Gasteiger partial charge in [-0.15, -0.1) is 0 Å². The number of nitrogens with one attached hydrogen (secondary N) is 1. The van der Waals surface area contributed by atoms with Crippen LogP contribution in [0.15, 0.2) is 18.2 Å². The fraction of sp³-hybridized carbons (Fsp3) is 0.231. The van der Waals surface area contributed by atoms with Crippen molar-refractivity contribution < 1.29 is 9.18 Å². The molecule has 0 saturated carbocycles. The van der Waals surface area contributed by atoms with E-state index in [0.29, 0.717) is 22.0 Å². The van der Waals surface area contributed by atoms with Gasteiger partial charge in [0.2, 0.25) is 0 Å². The van der Waals surface area contributed by atoms with Crippen molar-refractivity contribution in [3.05, 3.63) is 46.0 Å². The number of hydrogen-bond acceptors (Lipinski definition) is 2. The molecular weight excluding hydrogens is 269 g/mol. The summed E-state index contributed by atoms with van der Waals surface area (Å²) in [4.78, 5) is 12.2. The van der Waals surface area contributed by atoms with E-state index in [0.717, 1.165) is 0 Å². The number of nitrogens with zero attached hydrogens (tertiary/aromatic N) is 2. The summed E-state index contributed by atoms with van der Waals surface area (Å²) in [5.41, 5.74) is 2.05. The van der Waals surface area contributed by atoms with Gasteiger partial charge in [0.15, 0.2) is 0 Å². The van der Waals surface area contributed by atoms with E-state index in [1.54, 1.807) is 20.9 Å². The van der Waals surface area contributed by atoms with E-state index in [9.17, 15) is 9.18 Å². The van der Waals surface area contributed by atoms with E-state index in [4.69, 9.17) is 11.6 Å². The molecule has 2 aromatic rings. The van der Waals surface area contributed by atoms with Gasteiger partial charge < -0.3 is 5.32 Å². The molecule has 0 fully saturated rings. The van der Waals surface area contributed by atoms with Crippen molar-refractivity contribution in [2.75, 3.05) is 5.32 Å². The first-order valence-corrected chi connectivity index (χ1v) is 6.04. The minimum absolute atomic E-state index is 0.280. The second-order valence-electron chi connectivity index (χ2n) is 4.28. The number of carbonyl (C=O) groups is 1. The Balaban J connectivity index is 2.31. The Morgan fingerprint density at radius 3 is 2.63 bits per heavy atom. The minimum Gasteiger partial charge on any atom is -0.320 e. The summed E-state index contributed by atoms with van der Waals surface area (Å²) in [6.07, 6.45) is 0. The molecule has 100 valence electrons. The van der Waals surface area contributed by atoms with Gasteiger partial charge in [-0.1, -0.05) is 11.6 Å². The van der Waals surface area contributed by atoms with Crippen LogP contribution in [0.3, 0.4) is 0 Å². The molecule has 0 bridgehead atoms. The van der Waals surface area contributed by atoms with Crippen LogP contribution in [-0.2, 0) is 7.05 Å². The van der Waals surface area contributed by atoms with Crippen molar-refractivity contribution in [1.29, 1.82) is 0 Å². The van der Waals surface area contributed by atoms with Crippen LogP contribution in [0.5, 0.6) is 0 Å². The Kier molecular flexibility index (Phi) is 3.57. The summed E-state index contributed by atoms with van der Waals surface area (Å²) >= 11 is 6.04. The predicted molar refractivity (Wildman–Crippen MR) is 72.0 cm³/mol. The van der Waals surface area contributed by atoms with E-state index in [1.165, 1.54) is 22.9 Å². The van der Waals surface area contributed by atoms with Gasteiger partial charge in [0.25, 0.3) is 5.91 Å². The SMILES string of the molecule is Cc1cc(F)ccc1NC(=O)c1c(Cl)c(C)nn1C. The standard InChI is InChI=1S/C13H13ClFN3O/c1-7-6-9(15)4-5-10(7)16-13(19)12-11(14)8(2)17-18(12)3/h4-6H,1-3H3,(H,16,19). The number of amides is 1. The van der Waals surface area contributed by atoms with Gasteiger partial charge in [0, 0.05) is 12.7 Å². The Labute approximate surface area is 115 Å². The van der Waals surface area contributed by atoms with E-state index in [1.807, 2.05) is 0 Å². The number of anilines is 1. The molecular formula is C13H13ClFN3O. The van der Waals surface area contributed by atoms with Gasteiger partial charge in [-0.2, -0.15) is 5.10 Å². The quantitative estimate of drug-likeness (QED) is 0.919. The molecule has 1 N–H and O–H groups in total. The summed E-state index contributed by atoms with van der Waals surface area (Å²) in [6.45, 7) is 3.44. The average Bonchev–Trinajstić information content (AvgIpc) is 2.57. The number of benzene rings is 1.